The number of halogens is 2. The van der Waals surface area contributed by atoms with Crippen molar-refractivity contribution in [3.05, 3.63) is 27.7 Å². The lowest BCUT2D eigenvalue weighted by molar-refractivity contribution is -0.120. The van der Waals surface area contributed by atoms with E-state index in [9.17, 15) is 18.0 Å². The second-order valence-electron chi connectivity index (χ2n) is 4.09. The van der Waals surface area contributed by atoms with Crippen LogP contribution in [-0.2, 0) is 14.6 Å². The molecule has 0 spiro atoms. The van der Waals surface area contributed by atoms with Gasteiger partial charge in [-0.25, -0.2) is 13.2 Å². The van der Waals surface area contributed by atoms with Gasteiger partial charge in [-0.2, -0.15) is 0 Å². The second-order valence-corrected chi connectivity index (χ2v) is 6.98. The molecule has 0 radical (unpaired) electrons. The number of rotatable bonds is 6. The number of aromatic carboxylic acids is 1. The smallest absolute Gasteiger partial charge is 0.337 e. The Kier molecular flexibility index (Phi) is 6.00. The monoisotopic (exact) mass is 353 g/mol. The normalized spacial score (nSPS) is 11.2. The predicted octanol–water partition coefficient (Wildman–Crippen LogP) is 1.99. The van der Waals surface area contributed by atoms with Crippen molar-refractivity contribution < 1.29 is 23.1 Å². The van der Waals surface area contributed by atoms with Crippen molar-refractivity contribution in [2.75, 3.05) is 12.3 Å². The molecular weight excluding hydrogens is 341 g/mol. The minimum atomic E-state index is -3.89. The highest BCUT2D eigenvalue weighted by atomic mass is 35.5. The van der Waals surface area contributed by atoms with Crippen molar-refractivity contribution in [2.24, 2.45) is 0 Å². The summed E-state index contributed by atoms with van der Waals surface area (Å²) in [7, 11) is -3.89. The second kappa shape index (κ2) is 7.11. The number of sulfone groups is 1. The van der Waals surface area contributed by atoms with E-state index in [0.717, 1.165) is 12.1 Å². The molecule has 21 heavy (non-hydrogen) atoms. The summed E-state index contributed by atoms with van der Waals surface area (Å²) in [6.45, 7) is 2.10. The van der Waals surface area contributed by atoms with Crippen molar-refractivity contribution in [3.63, 3.8) is 0 Å². The maximum Gasteiger partial charge on any atom is 0.337 e. The number of carboxylic acid groups (broad SMARTS) is 1. The molecule has 9 heteroatoms. The molecule has 0 bridgehead atoms. The van der Waals surface area contributed by atoms with E-state index >= 15 is 0 Å². The van der Waals surface area contributed by atoms with Crippen LogP contribution in [0, 0.1) is 0 Å². The lowest BCUT2D eigenvalue weighted by atomic mass is 10.2. The summed E-state index contributed by atoms with van der Waals surface area (Å²) in [6.07, 6.45) is -0.239. The third kappa shape index (κ3) is 4.59. The lowest BCUT2D eigenvalue weighted by Crippen LogP contribution is -2.25. The van der Waals surface area contributed by atoms with E-state index in [-0.39, 0.29) is 26.9 Å². The molecule has 0 fully saturated rings. The van der Waals surface area contributed by atoms with Gasteiger partial charge >= 0.3 is 5.97 Å². The van der Waals surface area contributed by atoms with E-state index in [1.165, 1.54) is 0 Å². The van der Waals surface area contributed by atoms with Gasteiger partial charge in [0.15, 0.2) is 9.84 Å². The summed E-state index contributed by atoms with van der Waals surface area (Å²) >= 11 is 11.5. The van der Waals surface area contributed by atoms with Gasteiger partial charge in [0.05, 0.1) is 26.3 Å². The zero-order valence-corrected chi connectivity index (χ0v) is 13.3. The number of hydrogen-bond acceptors (Lipinski definition) is 4. The van der Waals surface area contributed by atoms with E-state index in [1.54, 1.807) is 6.92 Å². The molecule has 0 atom stereocenters. The molecule has 1 aromatic carbocycles. The third-order valence-electron chi connectivity index (χ3n) is 2.56. The summed E-state index contributed by atoms with van der Waals surface area (Å²) in [6, 6.07) is 1.96. The quantitative estimate of drug-likeness (QED) is 0.814. The van der Waals surface area contributed by atoms with Crippen molar-refractivity contribution in [2.45, 2.75) is 18.2 Å². The zero-order chi connectivity index (χ0) is 16.2. The van der Waals surface area contributed by atoms with Crippen LogP contribution in [0.3, 0.4) is 0 Å². The number of carbonyl (C=O) groups is 2. The first-order valence-corrected chi connectivity index (χ1v) is 8.31. The van der Waals surface area contributed by atoms with E-state index < -0.39 is 27.5 Å². The van der Waals surface area contributed by atoms with Crippen LogP contribution in [-0.4, -0.2) is 37.7 Å². The van der Waals surface area contributed by atoms with Crippen LogP contribution in [0.25, 0.3) is 0 Å². The molecule has 116 valence electrons. The fraction of sp³-hybridized carbons (Fsp3) is 0.333. The topological polar surface area (TPSA) is 101 Å². The summed E-state index contributed by atoms with van der Waals surface area (Å²) in [5.41, 5.74) is -0.363. The molecular formula is C12H13Cl2NO5S. The Labute approximate surface area is 132 Å². The van der Waals surface area contributed by atoms with Gasteiger partial charge in [-0.05, 0) is 19.1 Å². The fourth-order valence-corrected chi connectivity index (χ4v) is 3.70. The lowest BCUT2D eigenvalue weighted by Gasteiger charge is -2.09. The van der Waals surface area contributed by atoms with Gasteiger partial charge in [0.1, 0.15) is 0 Å². The van der Waals surface area contributed by atoms with Crippen LogP contribution >= 0.6 is 23.2 Å². The molecule has 0 heterocycles. The Balaban J connectivity index is 3.11. The van der Waals surface area contributed by atoms with Crippen LogP contribution in [0.2, 0.25) is 10.0 Å². The molecule has 0 saturated heterocycles. The van der Waals surface area contributed by atoms with E-state index in [2.05, 4.69) is 5.32 Å². The zero-order valence-electron chi connectivity index (χ0n) is 11.0. The van der Waals surface area contributed by atoms with Crippen molar-refractivity contribution in [1.82, 2.24) is 5.32 Å². The molecule has 1 rings (SSSR count). The molecule has 0 aliphatic heterocycles. The summed E-state index contributed by atoms with van der Waals surface area (Å²) in [4.78, 5) is 21.9. The number of carbonyl (C=O) groups excluding carboxylic acids is 1. The SMILES string of the molecule is CCNC(=O)CCS(=O)(=O)c1cc(C(=O)O)c(Cl)cc1Cl. The molecule has 0 aromatic heterocycles. The van der Waals surface area contributed by atoms with E-state index in [4.69, 9.17) is 28.3 Å². The van der Waals surface area contributed by atoms with Gasteiger partial charge in [-0.15, -0.1) is 0 Å². The maximum atomic E-state index is 12.1. The molecule has 6 nitrogen and oxygen atoms in total. The van der Waals surface area contributed by atoms with Crippen molar-refractivity contribution >= 4 is 44.9 Å². The average Bonchev–Trinajstić information content (AvgIpc) is 2.36. The molecule has 1 amide bonds. The average molecular weight is 354 g/mol. The largest absolute Gasteiger partial charge is 0.478 e. The number of amides is 1. The van der Waals surface area contributed by atoms with Crippen LogP contribution in [0.4, 0.5) is 0 Å². The minimum Gasteiger partial charge on any atom is -0.478 e. The molecule has 0 unspecified atom stereocenters. The van der Waals surface area contributed by atoms with Gasteiger partial charge in [0.2, 0.25) is 5.91 Å². The van der Waals surface area contributed by atoms with Crippen LogP contribution in [0.1, 0.15) is 23.7 Å². The summed E-state index contributed by atoms with van der Waals surface area (Å²) in [5, 5.41) is 11.1. The van der Waals surface area contributed by atoms with Crippen LogP contribution < -0.4 is 5.32 Å². The number of hydrogen-bond donors (Lipinski definition) is 2. The van der Waals surface area contributed by atoms with Gasteiger partial charge < -0.3 is 10.4 Å². The highest BCUT2D eigenvalue weighted by molar-refractivity contribution is 7.91. The fourth-order valence-electron chi connectivity index (χ4n) is 1.55. The summed E-state index contributed by atoms with van der Waals surface area (Å²) < 4.78 is 24.3. The van der Waals surface area contributed by atoms with Crippen LogP contribution in [0.15, 0.2) is 17.0 Å². The Morgan fingerprint density at radius 3 is 2.38 bits per heavy atom. The van der Waals surface area contributed by atoms with Gasteiger partial charge in [0, 0.05) is 13.0 Å². The van der Waals surface area contributed by atoms with E-state index in [1.807, 2.05) is 0 Å². The molecule has 1 aromatic rings. The highest BCUT2D eigenvalue weighted by Gasteiger charge is 2.23. The first-order chi connectivity index (χ1) is 9.69. The Bertz CT molecular complexity index is 672. The van der Waals surface area contributed by atoms with E-state index in [0.29, 0.717) is 6.54 Å². The molecule has 0 aliphatic rings. The first kappa shape index (κ1) is 17.7. The minimum absolute atomic E-state index is 0.157. The molecule has 2 N–H and O–H groups in total. The van der Waals surface area contributed by atoms with Crippen molar-refractivity contribution in [3.8, 4) is 0 Å². The first-order valence-electron chi connectivity index (χ1n) is 5.90. The molecule has 0 aliphatic carbocycles. The van der Waals surface area contributed by atoms with Crippen molar-refractivity contribution in [1.29, 1.82) is 0 Å². The van der Waals surface area contributed by atoms with Gasteiger partial charge in [-0.3, -0.25) is 4.79 Å². The number of carboxylic acids is 1. The third-order valence-corrected chi connectivity index (χ3v) is 5.05. The molecule has 0 saturated carbocycles. The Morgan fingerprint density at radius 1 is 1.24 bits per heavy atom. The summed E-state index contributed by atoms with van der Waals surface area (Å²) in [5.74, 6) is -2.25. The standard InChI is InChI=1S/C12H13Cl2NO5S/c1-2-15-11(16)3-4-21(19,20)10-5-7(12(17)18)8(13)6-9(10)14/h5-6H,2-4H2,1H3,(H,15,16)(H,17,18). The van der Waals surface area contributed by atoms with Crippen LogP contribution in [0.5, 0.6) is 0 Å². The predicted molar refractivity (Wildman–Crippen MR) is 78.8 cm³/mol. The maximum absolute atomic E-state index is 12.1. The Morgan fingerprint density at radius 2 is 1.86 bits per heavy atom. The van der Waals surface area contributed by atoms with Gasteiger partial charge in [0.25, 0.3) is 0 Å². The number of nitrogens with one attached hydrogen (secondary N) is 1. The van der Waals surface area contributed by atoms with Gasteiger partial charge in [-0.1, -0.05) is 23.2 Å². The Hall–Kier alpha value is -1.31. The highest BCUT2D eigenvalue weighted by Crippen LogP contribution is 2.29. The number of benzene rings is 1.